The Balaban J connectivity index is 2.01. The van der Waals surface area contributed by atoms with Crippen LogP contribution in [0.1, 0.15) is 33.6 Å². The summed E-state index contributed by atoms with van der Waals surface area (Å²) in [7, 11) is 0. The largest absolute Gasteiger partial charge is 0.325 e. The summed E-state index contributed by atoms with van der Waals surface area (Å²) in [5.74, 6) is 0.107. The fourth-order valence-electron chi connectivity index (χ4n) is 3.13. The highest BCUT2D eigenvalue weighted by molar-refractivity contribution is 6.07. The van der Waals surface area contributed by atoms with E-state index in [1.165, 1.54) is 4.90 Å². The molecule has 0 saturated carbocycles. The van der Waals surface area contributed by atoms with Gasteiger partial charge in [-0.15, -0.1) is 0 Å². The van der Waals surface area contributed by atoms with Crippen LogP contribution < -0.4 is 5.32 Å². The Labute approximate surface area is 126 Å². The minimum atomic E-state index is -0.736. The predicted molar refractivity (Wildman–Crippen MR) is 78.3 cm³/mol. The lowest BCUT2D eigenvalue weighted by atomic mass is 9.87. The molecule has 3 amide bonds. The molecule has 0 aromatic rings. The van der Waals surface area contributed by atoms with Gasteiger partial charge in [0.05, 0.1) is 12.0 Å². The molecule has 0 radical (unpaired) electrons. The van der Waals surface area contributed by atoms with Crippen LogP contribution in [-0.4, -0.2) is 53.5 Å². The minimum Gasteiger partial charge on any atom is -0.323 e. The number of carbonyl (C=O) groups is 2. The van der Waals surface area contributed by atoms with Crippen molar-refractivity contribution in [2.75, 3.05) is 26.2 Å². The molecule has 1 N–H and O–H groups in total. The Bertz CT molecular complexity index is 461. The number of hydrogen-bond acceptors (Lipinski definition) is 4. The van der Waals surface area contributed by atoms with Crippen LogP contribution in [0.3, 0.4) is 0 Å². The summed E-state index contributed by atoms with van der Waals surface area (Å²) < 4.78 is 0. The van der Waals surface area contributed by atoms with Crippen LogP contribution in [0, 0.1) is 23.2 Å². The number of imide groups is 1. The number of nitrogens with zero attached hydrogens (tertiary/aromatic N) is 3. The van der Waals surface area contributed by atoms with Gasteiger partial charge in [-0.25, -0.2) is 4.79 Å². The van der Waals surface area contributed by atoms with Crippen molar-refractivity contribution < 1.29 is 9.59 Å². The van der Waals surface area contributed by atoms with E-state index in [1.54, 1.807) is 6.92 Å². The lowest BCUT2D eigenvalue weighted by molar-refractivity contribution is -0.133. The number of carbonyl (C=O) groups excluding carboxylic acids is 2. The van der Waals surface area contributed by atoms with Gasteiger partial charge in [-0.1, -0.05) is 13.8 Å². The number of rotatable bonds is 4. The summed E-state index contributed by atoms with van der Waals surface area (Å²) in [5, 5.41) is 11.7. The van der Waals surface area contributed by atoms with Crippen molar-refractivity contribution in [3.05, 3.63) is 0 Å². The second-order valence-electron chi connectivity index (χ2n) is 6.65. The van der Waals surface area contributed by atoms with Crippen LogP contribution in [0.15, 0.2) is 0 Å². The van der Waals surface area contributed by atoms with Gasteiger partial charge >= 0.3 is 6.03 Å². The zero-order valence-electron chi connectivity index (χ0n) is 13.1. The summed E-state index contributed by atoms with van der Waals surface area (Å²) in [4.78, 5) is 28.2. The van der Waals surface area contributed by atoms with Gasteiger partial charge < -0.3 is 10.2 Å². The van der Waals surface area contributed by atoms with E-state index >= 15 is 0 Å². The average Bonchev–Trinajstić information content (AvgIpc) is 2.65. The number of amides is 3. The normalized spacial score (nSPS) is 23.5. The maximum absolute atomic E-state index is 12.6. The summed E-state index contributed by atoms with van der Waals surface area (Å²) in [6, 6.07) is 1.72. The van der Waals surface area contributed by atoms with E-state index in [0.717, 1.165) is 19.6 Å². The van der Waals surface area contributed by atoms with Crippen LogP contribution in [0.5, 0.6) is 0 Å². The molecule has 2 fully saturated rings. The highest BCUT2D eigenvalue weighted by atomic mass is 16.2. The minimum absolute atomic E-state index is 0.154. The van der Waals surface area contributed by atoms with Crippen molar-refractivity contribution in [1.82, 2.24) is 15.1 Å². The van der Waals surface area contributed by atoms with Crippen LogP contribution in [0.2, 0.25) is 0 Å². The Morgan fingerprint density at radius 2 is 1.86 bits per heavy atom. The number of hydrogen-bond donors (Lipinski definition) is 1. The lowest BCUT2D eigenvalue weighted by Crippen LogP contribution is -2.55. The van der Waals surface area contributed by atoms with E-state index in [-0.39, 0.29) is 24.4 Å². The molecule has 2 heterocycles. The van der Waals surface area contributed by atoms with Crippen LogP contribution >= 0.6 is 0 Å². The molecule has 0 bridgehead atoms. The van der Waals surface area contributed by atoms with E-state index in [9.17, 15) is 9.59 Å². The first-order chi connectivity index (χ1) is 9.88. The van der Waals surface area contributed by atoms with Crippen molar-refractivity contribution in [2.24, 2.45) is 11.8 Å². The van der Waals surface area contributed by atoms with Crippen molar-refractivity contribution >= 4 is 11.9 Å². The number of piperidine rings is 1. The maximum atomic E-state index is 12.6. The van der Waals surface area contributed by atoms with Crippen molar-refractivity contribution in [3.63, 3.8) is 0 Å². The fourth-order valence-corrected chi connectivity index (χ4v) is 3.13. The Kier molecular flexibility index (Phi) is 4.52. The second kappa shape index (κ2) is 6.02. The van der Waals surface area contributed by atoms with Crippen molar-refractivity contribution in [3.8, 4) is 6.07 Å². The van der Waals surface area contributed by atoms with Gasteiger partial charge in [0.25, 0.3) is 5.91 Å². The highest BCUT2D eigenvalue weighted by Gasteiger charge is 2.52. The van der Waals surface area contributed by atoms with E-state index < -0.39 is 5.54 Å². The first-order valence-corrected chi connectivity index (χ1v) is 7.64. The van der Waals surface area contributed by atoms with E-state index in [0.29, 0.717) is 18.8 Å². The molecule has 0 aromatic heterocycles. The van der Waals surface area contributed by atoms with Crippen molar-refractivity contribution in [1.29, 1.82) is 5.26 Å². The molecule has 0 aliphatic carbocycles. The van der Waals surface area contributed by atoms with E-state index in [4.69, 9.17) is 5.26 Å². The molecule has 2 aliphatic rings. The van der Waals surface area contributed by atoms with Crippen molar-refractivity contribution in [2.45, 2.75) is 39.2 Å². The van der Waals surface area contributed by atoms with Gasteiger partial charge in [0.15, 0.2) is 0 Å². The summed E-state index contributed by atoms with van der Waals surface area (Å²) >= 11 is 0. The Morgan fingerprint density at radius 3 is 2.38 bits per heavy atom. The lowest BCUT2D eigenvalue weighted by Gasteiger charge is -2.38. The summed E-state index contributed by atoms with van der Waals surface area (Å²) in [6.07, 6.45) is 1.31. The number of nitriles is 1. The standard InChI is InChI=1S/C15H24N4O2/c1-11(2)9-18-6-4-15(5-7-18)13(20)19(14(21)17-15)10-12(3)8-16/h11-12H,4-7,9-10H2,1-3H3,(H,17,21). The molecule has 2 rings (SSSR count). The van der Waals surface area contributed by atoms with Gasteiger partial charge in [-0.2, -0.15) is 5.26 Å². The maximum Gasteiger partial charge on any atom is 0.325 e. The van der Waals surface area contributed by atoms with Crippen LogP contribution in [-0.2, 0) is 4.79 Å². The number of nitrogens with one attached hydrogen (secondary N) is 1. The van der Waals surface area contributed by atoms with Gasteiger partial charge in [0.1, 0.15) is 5.54 Å². The Hall–Kier alpha value is -1.61. The smallest absolute Gasteiger partial charge is 0.323 e. The highest BCUT2D eigenvalue weighted by Crippen LogP contribution is 2.30. The summed E-state index contributed by atoms with van der Waals surface area (Å²) in [6.45, 7) is 8.93. The quantitative estimate of drug-likeness (QED) is 0.790. The van der Waals surface area contributed by atoms with E-state index in [1.807, 2.05) is 0 Å². The zero-order chi connectivity index (χ0) is 15.6. The second-order valence-corrected chi connectivity index (χ2v) is 6.65. The topological polar surface area (TPSA) is 76.4 Å². The third-order valence-corrected chi connectivity index (χ3v) is 4.26. The van der Waals surface area contributed by atoms with Gasteiger partial charge in [0.2, 0.25) is 0 Å². The molecule has 0 aromatic carbocycles. The molecule has 6 nitrogen and oxygen atoms in total. The third-order valence-electron chi connectivity index (χ3n) is 4.26. The predicted octanol–water partition coefficient (Wildman–Crippen LogP) is 1.19. The molecule has 2 aliphatic heterocycles. The Morgan fingerprint density at radius 1 is 1.24 bits per heavy atom. The van der Waals surface area contributed by atoms with Crippen LogP contribution in [0.4, 0.5) is 4.79 Å². The molecule has 116 valence electrons. The van der Waals surface area contributed by atoms with Gasteiger partial charge in [-0.05, 0) is 25.7 Å². The number of likely N-dealkylation sites (tertiary alicyclic amines) is 1. The third kappa shape index (κ3) is 3.18. The van der Waals surface area contributed by atoms with Gasteiger partial charge in [0, 0.05) is 26.2 Å². The molecule has 6 heteroatoms. The molecule has 2 saturated heterocycles. The molecule has 1 spiro atoms. The molecular weight excluding hydrogens is 268 g/mol. The molecule has 21 heavy (non-hydrogen) atoms. The first-order valence-electron chi connectivity index (χ1n) is 7.64. The molecular formula is C15H24N4O2. The fraction of sp³-hybridized carbons (Fsp3) is 0.800. The molecule has 1 unspecified atom stereocenters. The zero-order valence-corrected chi connectivity index (χ0v) is 13.1. The first kappa shape index (κ1) is 15.8. The molecule has 1 atom stereocenters. The summed E-state index contributed by atoms with van der Waals surface area (Å²) in [5.41, 5.74) is -0.736. The number of urea groups is 1. The SMILES string of the molecule is CC(C)CN1CCC2(CC1)NC(=O)N(CC(C)C#N)C2=O. The van der Waals surface area contributed by atoms with Gasteiger partial charge in [-0.3, -0.25) is 9.69 Å². The average molecular weight is 292 g/mol. The van der Waals surface area contributed by atoms with E-state index in [2.05, 4.69) is 30.1 Å². The monoisotopic (exact) mass is 292 g/mol. The van der Waals surface area contributed by atoms with Crippen LogP contribution in [0.25, 0.3) is 0 Å².